The Morgan fingerprint density at radius 2 is 2.11 bits per heavy atom. The Morgan fingerprint density at radius 3 is 2.79 bits per heavy atom. The minimum Gasteiger partial charge on any atom is -0.258 e. The second kappa shape index (κ2) is 7.09. The lowest BCUT2D eigenvalue weighted by Crippen LogP contribution is -2.21. The fourth-order valence-electron chi connectivity index (χ4n) is 2.56. The first kappa shape index (κ1) is 19.0. The first-order chi connectivity index (χ1) is 13.2. The Kier molecular flexibility index (Phi) is 4.81. The van der Waals surface area contributed by atoms with Crippen molar-refractivity contribution in [2.24, 2.45) is 5.10 Å². The molecule has 142 valence electrons. The summed E-state index contributed by atoms with van der Waals surface area (Å²) < 4.78 is 26.7. The van der Waals surface area contributed by atoms with E-state index in [2.05, 4.69) is 15.0 Å². The number of rotatable bonds is 5. The van der Waals surface area contributed by atoms with E-state index in [0.717, 1.165) is 6.07 Å². The summed E-state index contributed by atoms with van der Waals surface area (Å²) in [5.41, 5.74) is 1.88. The number of hydrogen-bond acceptors (Lipinski definition) is 7. The summed E-state index contributed by atoms with van der Waals surface area (Å²) in [5.74, 6) is 0. The monoisotopic (exact) mass is 398 g/mol. The zero-order chi connectivity index (χ0) is 20.5. The van der Waals surface area contributed by atoms with Crippen LogP contribution in [0.3, 0.4) is 0 Å². The quantitative estimate of drug-likeness (QED) is 0.396. The lowest BCUT2D eigenvalue weighted by Gasteiger charge is -2.07. The van der Waals surface area contributed by atoms with Crippen LogP contribution in [-0.4, -0.2) is 28.7 Å². The van der Waals surface area contributed by atoms with Crippen LogP contribution in [0, 0.1) is 28.4 Å². The topological polar surface area (TPSA) is 143 Å². The molecule has 0 aliphatic heterocycles. The standard InChI is InChI=1S/C17H14N6O4S/c1-11-3-4-14(23(24)25)8-17(11)28(26,27)21-20-12(2)15-10-19-22-6-5-13(9-18)7-16(15)22/h3-8,10,21H,1-2H3/b20-12-. The number of hydrazone groups is 1. The molecule has 28 heavy (non-hydrogen) atoms. The third-order valence-corrected chi connectivity index (χ3v) is 5.40. The van der Waals surface area contributed by atoms with E-state index in [0.29, 0.717) is 27.9 Å². The number of nitrogens with zero attached hydrogens (tertiary/aromatic N) is 5. The van der Waals surface area contributed by atoms with E-state index in [1.807, 2.05) is 6.07 Å². The molecule has 11 heteroatoms. The van der Waals surface area contributed by atoms with Crippen molar-refractivity contribution in [3.63, 3.8) is 0 Å². The molecule has 3 aromatic rings. The lowest BCUT2D eigenvalue weighted by molar-refractivity contribution is -0.385. The number of aryl methyl sites for hydroxylation is 1. The summed E-state index contributed by atoms with van der Waals surface area (Å²) in [5, 5.41) is 28.0. The van der Waals surface area contributed by atoms with Crippen molar-refractivity contribution >= 4 is 26.9 Å². The molecule has 0 bridgehead atoms. The van der Waals surface area contributed by atoms with Crippen molar-refractivity contribution in [2.45, 2.75) is 18.7 Å². The smallest absolute Gasteiger partial charge is 0.258 e. The fraction of sp³-hybridized carbons (Fsp3) is 0.118. The van der Waals surface area contributed by atoms with Gasteiger partial charge in [-0.25, -0.2) is 4.52 Å². The molecule has 3 rings (SSSR count). The number of fused-ring (bicyclic) bond motifs is 1. The summed E-state index contributed by atoms with van der Waals surface area (Å²) in [6, 6.07) is 8.81. The Bertz CT molecular complexity index is 1270. The highest BCUT2D eigenvalue weighted by atomic mass is 32.2. The molecule has 0 fully saturated rings. The molecule has 0 aliphatic rings. The largest absolute Gasteiger partial charge is 0.277 e. The summed E-state index contributed by atoms with van der Waals surface area (Å²) in [6.45, 7) is 3.11. The highest BCUT2D eigenvalue weighted by Gasteiger charge is 2.20. The minimum absolute atomic E-state index is 0.232. The van der Waals surface area contributed by atoms with Crippen molar-refractivity contribution in [1.29, 1.82) is 5.26 Å². The van der Waals surface area contributed by atoms with Crippen LogP contribution in [-0.2, 0) is 10.0 Å². The maximum atomic E-state index is 12.6. The van der Waals surface area contributed by atoms with E-state index in [4.69, 9.17) is 5.26 Å². The predicted octanol–water partition coefficient (Wildman–Crippen LogP) is 2.13. The van der Waals surface area contributed by atoms with E-state index < -0.39 is 14.9 Å². The van der Waals surface area contributed by atoms with E-state index in [1.165, 1.54) is 29.8 Å². The first-order valence-corrected chi connectivity index (χ1v) is 9.40. The molecule has 1 aromatic carbocycles. The van der Waals surface area contributed by atoms with Crippen LogP contribution in [0.25, 0.3) is 5.52 Å². The maximum Gasteiger partial charge on any atom is 0.277 e. The number of hydrogen-bond donors (Lipinski definition) is 1. The number of sulfonamides is 1. The molecule has 0 saturated carbocycles. The van der Waals surface area contributed by atoms with Gasteiger partial charge in [-0.3, -0.25) is 10.1 Å². The Morgan fingerprint density at radius 1 is 1.36 bits per heavy atom. The van der Waals surface area contributed by atoms with Crippen LogP contribution >= 0.6 is 0 Å². The van der Waals surface area contributed by atoms with Gasteiger partial charge in [0.15, 0.2) is 0 Å². The van der Waals surface area contributed by atoms with E-state index in [-0.39, 0.29) is 10.6 Å². The van der Waals surface area contributed by atoms with E-state index in [9.17, 15) is 18.5 Å². The van der Waals surface area contributed by atoms with Gasteiger partial charge in [-0.15, -0.1) is 0 Å². The molecule has 0 atom stereocenters. The van der Waals surface area contributed by atoms with Crippen LogP contribution in [0.1, 0.15) is 23.6 Å². The average molecular weight is 398 g/mol. The number of nitriles is 1. The minimum atomic E-state index is -4.12. The van der Waals surface area contributed by atoms with Crippen LogP contribution in [0.15, 0.2) is 52.7 Å². The van der Waals surface area contributed by atoms with Gasteiger partial charge in [0.25, 0.3) is 15.7 Å². The molecular weight excluding hydrogens is 384 g/mol. The van der Waals surface area contributed by atoms with Gasteiger partial charge in [-0.1, -0.05) is 6.07 Å². The Hall–Kier alpha value is -3.78. The number of aromatic nitrogens is 2. The highest BCUT2D eigenvalue weighted by Crippen LogP contribution is 2.21. The molecule has 10 nitrogen and oxygen atoms in total. The average Bonchev–Trinajstić information content (AvgIpc) is 3.09. The number of non-ortho nitro benzene ring substituents is 1. The number of nitro benzene ring substituents is 1. The van der Waals surface area contributed by atoms with E-state index >= 15 is 0 Å². The first-order valence-electron chi connectivity index (χ1n) is 7.92. The molecule has 0 radical (unpaired) electrons. The third-order valence-electron chi connectivity index (χ3n) is 4.05. The molecule has 0 saturated heterocycles. The molecule has 0 amide bonds. The van der Waals surface area contributed by atoms with Gasteiger partial charge in [-0.2, -0.15) is 28.7 Å². The number of nitrogens with one attached hydrogen (secondary N) is 1. The van der Waals surface area contributed by atoms with Crippen LogP contribution in [0.2, 0.25) is 0 Å². The molecule has 1 N–H and O–H groups in total. The van der Waals surface area contributed by atoms with Gasteiger partial charge in [0.1, 0.15) is 0 Å². The predicted molar refractivity (Wildman–Crippen MR) is 100 cm³/mol. The second-order valence-electron chi connectivity index (χ2n) is 5.91. The SMILES string of the molecule is C/C(=N/NS(=O)(=O)c1cc([N+](=O)[O-])ccc1C)c1cnn2ccc(C#N)cc12. The van der Waals surface area contributed by atoms with Gasteiger partial charge in [-0.05, 0) is 31.5 Å². The normalized spacial score (nSPS) is 12.0. The number of pyridine rings is 1. The van der Waals surface area contributed by atoms with Crippen molar-refractivity contribution in [3.8, 4) is 6.07 Å². The summed E-state index contributed by atoms with van der Waals surface area (Å²) >= 11 is 0. The van der Waals surface area contributed by atoms with Crippen LogP contribution in [0.4, 0.5) is 5.69 Å². The molecule has 2 aromatic heterocycles. The zero-order valence-corrected chi connectivity index (χ0v) is 15.6. The van der Waals surface area contributed by atoms with Gasteiger partial charge >= 0.3 is 0 Å². The summed E-state index contributed by atoms with van der Waals surface area (Å²) in [6.07, 6.45) is 3.11. The Labute approximate surface area is 159 Å². The zero-order valence-electron chi connectivity index (χ0n) is 14.8. The summed E-state index contributed by atoms with van der Waals surface area (Å²) in [4.78, 5) is 12.1. The van der Waals surface area contributed by atoms with Gasteiger partial charge < -0.3 is 0 Å². The van der Waals surface area contributed by atoms with Crippen LogP contribution < -0.4 is 4.83 Å². The molecule has 0 unspecified atom stereocenters. The molecule has 2 heterocycles. The summed E-state index contributed by atoms with van der Waals surface area (Å²) in [7, 11) is -4.12. The van der Waals surface area contributed by atoms with Crippen molar-refractivity contribution in [2.75, 3.05) is 0 Å². The van der Waals surface area contributed by atoms with Crippen molar-refractivity contribution in [3.05, 3.63) is 69.5 Å². The molecular formula is C17H14N6O4S. The van der Waals surface area contributed by atoms with Gasteiger partial charge in [0.2, 0.25) is 0 Å². The Balaban J connectivity index is 1.96. The molecule has 0 aliphatic carbocycles. The van der Waals surface area contributed by atoms with Crippen molar-refractivity contribution < 1.29 is 13.3 Å². The number of benzene rings is 1. The third kappa shape index (κ3) is 3.53. The van der Waals surface area contributed by atoms with Gasteiger partial charge in [0, 0.05) is 23.9 Å². The molecule has 0 spiro atoms. The lowest BCUT2D eigenvalue weighted by atomic mass is 10.1. The fourth-order valence-corrected chi connectivity index (χ4v) is 3.68. The van der Waals surface area contributed by atoms with E-state index in [1.54, 1.807) is 25.3 Å². The number of nitro groups is 1. The maximum absolute atomic E-state index is 12.6. The second-order valence-corrected chi connectivity index (χ2v) is 7.54. The van der Waals surface area contributed by atoms with Gasteiger partial charge in [0.05, 0.1) is 38.9 Å². The highest BCUT2D eigenvalue weighted by molar-refractivity contribution is 7.89. The van der Waals surface area contributed by atoms with Crippen LogP contribution in [0.5, 0.6) is 0 Å². The van der Waals surface area contributed by atoms with Crippen molar-refractivity contribution in [1.82, 2.24) is 14.4 Å².